The summed E-state index contributed by atoms with van der Waals surface area (Å²) in [6, 6.07) is 21.2. The number of nitrogens with one attached hydrogen (secondary N) is 3. The summed E-state index contributed by atoms with van der Waals surface area (Å²) in [4.78, 5) is 13.6. The molecule has 3 N–H and O–H groups in total. The molecule has 164 valence electrons. The van der Waals surface area contributed by atoms with Gasteiger partial charge in [0.2, 0.25) is 12.7 Å². The lowest BCUT2D eigenvalue weighted by Crippen LogP contribution is -2.22. The second-order valence-corrected chi connectivity index (χ2v) is 9.11. The number of rotatable bonds is 6. The quantitative estimate of drug-likeness (QED) is 0.321. The van der Waals surface area contributed by atoms with E-state index in [9.17, 15) is 4.79 Å². The summed E-state index contributed by atoms with van der Waals surface area (Å²) in [6.45, 7) is 4.11. The van der Waals surface area contributed by atoms with E-state index < -0.39 is 0 Å². The van der Waals surface area contributed by atoms with E-state index in [0.29, 0.717) is 22.3 Å². The first-order valence-corrected chi connectivity index (χ1v) is 11.4. The Labute approximate surface area is 196 Å². The van der Waals surface area contributed by atoms with Crippen LogP contribution in [0.15, 0.2) is 71.6 Å². The minimum absolute atomic E-state index is 0.0937. The van der Waals surface area contributed by atoms with E-state index in [1.807, 2.05) is 62.4 Å². The highest BCUT2D eigenvalue weighted by Crippen LogP contribution is 2.34. The van der Waals surface area contributed by atoms with Crippen molar-refractivity contribution in [3.05, 3.63) is 72.3 Å². The highest BCUT2D eigenvalue weighted by molar-refractivity contribution is 8.00. The first kappa shape index (κ1) is 22.0. The van der Waals surface area contributed by atoms with Crippen molar-refractivity contribution in [3.63, 3.8) is 0 Å². The van der Waals surface area contributed by atoms with Gasteiger partial charge in [0.05, 0.1) is 5.25 Å². The molecular formula is C24H23N3O3S2. The number of aryl methyl sites for hydroxylation is 1. The van der Waals surface area contributed by atoms with Gasteiger partial charge in [-0.05, 0) is 68.5 Å². The molecule has 0 aromatic heterocycles. The van der Waals surface area contributed by atoms with E-state index in [2.05, 4.69) is 16.0 Å². The second kappa shape index (κ2) is 9.93. The summed E-state index contributed by atoms with van der Waals surface area (Å²) in [5, 5.41) is 9.50. The van der Waals surface area contributed by atoms with E-state index in [1.54, 1.807) is 18.2 Å². The van der Waals surface area contributed by atoms with Crippen molar-refractivity contribution in [3.8, 4) is 11.5 Å². The molecule has 1 heterocycles. The molecule has 1 aliphatic heterocycles. The zero-order chi connectivity index (χ0) is 22.5. The molecule has 0 bridgehead atoms. The number of hydrogen-bond acceptors (Lipinski definition) is 5. The Bertz CT molecular complexity index is 1140. The number of thioether (sulfide) groups is 1. The summed E-state index contributed by atoms with van der Waals surface area (Å²) >= 11 is 6.89. The molecule has 1 amide bonds. The average Bonchev–Trinajstić information content (AvgIpc) is 3.23. The molecule has 1 atom stereocenters. The normalized spacial score (nSPS) is 12.7. The number of benzene rings is 3. The maximum Gasteiger partial charge on any atom is 0.237 e. The molecule has 0 aliphatic carbocycles. The lowest BCUT2D eigenvalue weighted by molar-refractivity contribution is -0.115. The van der Waals surface area contributed by atoms with E-state index in [-0.39, 0.29) is 18.0 Å². The van der Waals surface area contributed by atoms with Crippen LogP contribution in [0.3, 0.4) is 0 Å². The van der Waals surface area contributed by atoms with Gasteiger partial charge >= 0.3 is 0 Å². The van der Waals surface area contributed by atoms with E-state index >= 15 is 0 Å². The van der Waals surface area contributed by atoms with Gasteiger partial charge in [0.15, 0.2) is 16.6 Å². The zero-order valence-corrected chi connectivity index (χ0v) is 19.3. The van der Waals surface area contributed by atoms with Gasteiger partial charge in [0.25, 0.3) is 0 Å². The molecule has 3 aromatic carbocycles. The van der Waals surface area contributed by atoms with Crippen LogP contribution in [0, 0.1) is 6.92 Å². The van der Waals surface area contributed by atoms with Gasteiger partial charge in [0, 0.05) is 28.0 Å². The van der Waals surface area contributed by atoms with Gasteiger partial charge in [-0.25, -0.2) is 0 Å². The molecule has 4 rings (SSSR count). The van der Waals surface area contributed by atoms with Crippen molar-refractivity contribution in [2.45, 2.75) is 24.0 Å². The van der Waals surface area contributed by atoms with Crippen LogP contribution in [0.5, 0.6) is 11.5 Å². The molecule has 0 spiro atoms. The van der Waals surface area contributed by atoms with Gasteiger partial charge in [-0.2, -0.15) is 0 Å². The van der Waals surface area contributed by atoms with Crippen LogP contribution in [-0.4, -0.2) is 23.1 Å². The van der Waals surface area contributed by atoms with Crippen molar-refractivity contribution in [1.82, 2.24) is 0 Å². The number of hydrogen-bond donors (Lipinski definition) is 3. The molecule has 0 radical (unpaired) electrons. The fraction of sp³-hybridized carbons (Fsp3) is 0.167. The molecule has 6 nitrogen and oxygen atoms in total. The van der Waals surface area contributed by atoms with Crippen molar-refractivity contribution < 1.29 is 14.3 Å². The largest absolute Gasteiger partial charge is 0.454 e. The highest BCUT2D eigenvalue weighted by Gasteiger charge is 2.18. The summed E-state index contributed by atoms with van der Waals surface area (Å²) in [6.07, 6.45) is 0. The summed E-state index contributed by atoms with van der Waals surface area (Å²) in [7, 11) is 0. The number of fused-ring (bicyclic) bond motifs is 1. The Balaban J connectivity index is 1.32. The lowest BCUT2D eigenvalue weighted by atomic mass is 10.2. The Kier molecular flexibility index (Phi) is 6.82. The van der Waals surface area contributed by atoms with Crippen LogP contribution in [0.1, 0.15) is 12.5 Å². The van der Waals surface area contributed by atoms with Crippen molar-refractivity contribution in [2.24, 2.45) is 0 Å². The fourth-order valence-electron chi connectivity index (χ4n) is 3.05. The Morgan fingerprint density at radius 2 is 1.59 bits per heavy atom. The SMILES string of the molecule is Cc1ccc(NC(=S)Nc2cccc(SC(C)C(=O)Nc3ccc4c(c3)OCO4)c2)cc1. The number of thiocarbonyl (C=S) groups is 1. The number of carbonyl (C=O) groups excluding carboxylic acids is 1. The van der Waals surface area contributed by atoms with Gasteiger partial charge < -0.3 is 25.4 Å². The molecule has 3 aromatic rings. The molecule has 8 heteroatoms. The summed E-state index contributed by atoms with van der Waals surface area (Å²) < 4.78 is 10.7. The standard InChI is InChI=1S/C24H23N3O3S2/c1-15-6-8-17(9-7-15)26-24(31)27-18-4-3-5-20(12-18)32-16(2)23(28)25-19-10-11-21-22(13-19)30-14-29-21/h3-13,16H,14H2,1-2H3,(H,25,28)(H2,26,27,31). The minimum Gasteiger partial charge on any atom is -0.454 e. The van der Waals surface area contributed by atoms with Crippen LogP contribution in [0.2, 0.25) is 0 Å². The average molecular weight is 466 g/mol. The third kappa shape index (κ3) is 5.72. The van der Waals surface area contributed by atoms with Gasteiger partial charge in [-0.1, -0.05) is 23.8 Å². The topological polar surface area (TPSA) is 71.6 Å². The van der Waals surface area contributed by atoms with E-state index in [1.165, 1.54) is 17.3 Å². The van der Waals surface area contributed by atoms with Crippen LogP contribution in [-0.2, 0) is 4.79 Å². The van der Waals surface area contributed by atoms with Gasteiger partial charge in [-0.3, -0.25) is 4.79 Å². The van der Waals surface area contributed by atoms with Crippen molar-refractivity contribution in [1.29, 1.82) is 0 Å². The molecule has 1 aliphatic rings. The van der Waals surface area contributed by atoms with E-state index in [4.69, 9.17) is 21.7 Å². The number of amides is 1. The van der Waals surface area contributed by atoms with Gasteiger partial charge in [-0.15, -0.1) is 11.8 Å². The molecule has 0 saturated heterocycles. The number of carbonyl (C=O) groups is 1. The fourth-order valence-corrected chi connectivity index (χ4v) is 4.22. The monoisotopic (exact) mass is 465 g/mol. The lowest BCUT2D eigenvalue weighted by Gasteiger charge is -2.14. The summed E-state index contributed by atoms with van der Waals surface area (Å²) in [5.74, 6) is 1.23. The van der Waals surface area contributed by atoms with E-state index in [0.717, 1.165) is 16.3 Å². The second-order valence-electron chi connectivity index (χ2n) is 7.29. The summed E-state index contributed by atoms with van der Waals surface area (Å²) in [5.41, 5.74) is 3.64. The van der Waals surface area contributed by atoms with Crippen LogP contribution >= 0.6 is 24.0 Å². The van der Waals surface area contributed by atoms with Crippen LogP contribution < -0.4 is 25.4 Å². The van der Waals surface area contributed by atoms with Gasteiger partial charge in [0.1, 0.15) is 0 Å². The first-order chi connectivity index (χ1) is 15.5. The Hall–Kier alpha value is -3.23. The molecule has 1 unspecified atom stereocenters. The third-order valence-electron chi connectivity index (χ3n) is 4.72. The highest BCUT2D eigenvalue weighted by atomic mass is 32.2. The van der Waals surface area contributed by atoms with Crippen molar-refractivity contribution >= 4 is 52.1 Å². The zero-order valence-electron chi connectivity index (χ0n) is 17.7. The third-order valence-corrected chi connectivity index (χ3v) is 6.02. The maximum absolute atomic E-state index is 12.7. The smallest absolute Gasteiger partial charge is 0.237 e. The number of ether oxygens (including phenoxy) is 2. The van der Waals surface area contributed by atoms with Crippen LogP contribution in [0.25, 0.3) is 0 Å². The number of anilines is 3. The van der Waals surface area contributed by atoms with Crippen LogP contribution in [0.4, 0.5) is 17.1 Å². The van der Waals surface area contributed by atoms with Crippen molar-refractivity contribution in [2.75, 3.05) is 22.7 Å². The predicted molar refractivity (Wildman–Crippen MR) is 134 cm³/mol. The first-order valence-electron chi connectivity index (χ1n) is 10.1. The molecular weight excluding hydrogens is 442 g/mol. The Morgan fingerprint density at radius 1 is 0.906 bits per heavy atom. The minimum atomic E-state index is -0.298. The maximum atomic E-state index is 12.7. The molecule has 0 fully saturated rings. The molecule has 32 heavy (non-hydrogen) atoms. The Morgan fingerprint density at radius 3 is 2.41 bits per heavy atom. The molecule has 0 saturated carbocycles. The predicted octanol–water partition coefficient (Wildman–Crippen LogP) is 5.65.